The van der Waals surface area contributed by atoms with E-state index in [0.29, 0.717) is 23.8 Å². The largest absolute Gasteiger partial charge is 0.491 e. The Morgan fingerprint density at radius 3 is 2.65 bits per heavy atom. The number of rotatable bonds is 7. The van der Waals surface area contributed by atoms with Crippen molar-refractivity contribution >= 4 is 27.3 Å². The van der Waals surface area contributed by atoms with E-state index in [4.69, 9.17) is 10.5 Å². The summed E-state index contributed by atoms with van der Waals surface area (Å²) in [6, 6.07) is 7.31. The number of anilines is 1. The Kier molecular flexibility index (Phi) is 5.64. The van der Waals surface area contributed by atoms with Crippen LogP contribution >= 0.6 is 11.8 Å². The fourth-order valence-corrected chi connectivity index (χ4v) is 3.22. The molecule has 0 radical (unpaired) electrons. The molecule has 0 bridgehead atoms. The van der Waals surface area contributed by atoms with E-state index in [0.717, 1.165) is 5.75 Å². The zero-order chi connectivity index (χ0) is 12.7. The molecule has 17 heavy (non-hydrogen) atoms. The molecule has 1 rings (SSSR count). The van der Waals surface area contributed by atoms with E-state index < -0.39 is 9.84 Å². The minimum atomic E-state index is -2.85. The van der Waals surface area contributed by atoms with Gasteiger partial charge >= 0.3 is 0 Å². The molecule has 1 aromatic carbocycles. The molecule has 6 heteroatoms. The molecule has 4 nitrogen and oxygen atoms in total. The van der Waals surface area contributed by atoms with E-state index in [1.165, 1.54) is 6.26 Å². The second kappa shape index (κ2) is 6.76. The molecule has 0 atom stereocenters. The highest BCUT2D eigenvalue weighted by molar-refractivity contribution is 8.00. The Labute approximate surface area is 106 Å². The number of para-hydroxylation sites is 2. The van der Waals surface area contributed by atoms with Crippen LogP contribution in [0.25, 0.3) is 0 Å². The van der Waals surface area contributed by atoms with Crippen LogP contribution in [0.5, 0.6) is 5.75 Å². The number of ether oxygens (including phenoxy) is 1. The van der Waals surface area contributed by atoms with Crippen LogP contribution in [0.2, 0.25) is 0 Å². The molecule has 0 amide bonds. The van der Waals surface area contributed by atoms with Crippen LogP contribution in [0.15, 0.2) is 24.3 Å². The Balaban J connectivity index is 2.15. The number of hydrogen-bond donors (Lipinski definition) is 1. The van der Waals surface area contributed by atoms with Gasteiger partial charge in [-0.3, -0.25) is 0 Å². The molecule has 1 aromatic rings. The van der Waals surface area contributed by atoms with E-state index in [9.17, 15) is 8.42 Å². The predicted octanol–water partition coefficient (Wildman–Crippen LogP) is 1.43. The van der Waals surface area contributed by atoms with Crippen LogP contribution in [0.1, 0.15) is 0 Å². The molecular formula is C11H17NO3S2. The van der Waals surface area contributed by atoms with Crippen LogP contribution in [0, 0.1) is 0 Å². The highest BCUT2D eigenvalue weighted by Crippen LogP contribution is 2.19. The summed E-state index contributed by atoms with van der Waals surface area (Å²) in [5.74, 6) is 2.25. The van der Waals surface area contributed by atoms with Gasteiger partial charge in [0.25, 0.3) is 0 Å². The second-order valence-corrected chi connectivity index (χ2v) is 7.11. The number of sulfone groups is 1. The molecular weight excluding hydrogens is 258 g/mol. The van der Waals surface area contributed by atoms with Crippen molar-refractivity contribution in [1.82, 2.24) is 0 Å². The first-order valence-electron chi connectivity index (χ1n) is 5.22. The smallest absolute Gasteiger partial charge is 0.148 e. The quantitative estimate of drug-likeness (QED) is 0.602. The van der Waals surface area contributed by atoms with Crippen LogP contribution in [0.3, 0.4) is 0 Å². The van der Waals surface area contributed by atoms with Gasteiger partial charge in [0.1, 0.15) is 15.6 Å². The Morgan fingerprint density at radius 1 is 1.29 bits per heavy atom. The van der Waals surface area contributed by atoms with Crippen molar-refractivity contribution in [3.05, 3.63) is 24.3 Å². The highest BCUT2D eigenvalue weighted by atomic mass is 32.2. The summed E-state index contributed by atoms with van der Waals surface area (Å²) in [6.45, 7) is 0.530. The molecule has 0 saturated carbocycles. The number of nitrogens with two attached hydrogens (primary N) is 1. The van der Waals surface area contributed by atoms with Gasteiger partial charge in [-0.05, 0) is 12.1 Å². The molecule has 0 fully saturated rings. The molecule has 0 heterocycles. The fourth-order valence-electron chi connectivity index (χ4n) is 1.13. The lowest BCUT2D eigenvalue weighted by molar-refractivity contribution is 0.346. The van der Waals surface area contributed by atoms with E-state index in [2.05, 4.69) is 0 Å². The average Bonchev–Trinajstić information content (AvgIpc) is 2.24. The topological polar surface area (TPSA) is 69.4 Å². The monoisotopic (exact) mass is 275 g/mol. The maximum absolute atomic E-state index is 10.9. The van der Waals surface area contributed by atoms with Crippen molar-refractivity contribution < 1.29 is 13.2 Å². The number of benzene rings is 1. The van der Waals surface area contributed by atoms with Crippen molar-refractivity contribution in [3.8, 4) is 5.75 Å². The molecule has 0 aromatic heterocycles. The SMILES string of the molecule is CS(=O)(=O)CCSCCOc1ccccc1N. The van der Waals surface area contributed by atoms with Gasteiger partial charge < -0.3 is 10.5 Å². The number of hydrogen-bond acceptors (Lipinski definition) is 5. The normalized spacial score (nSPS) is 11.4. The Bertz CT molecular complexity index is 446. The van der Waals surface area contributed by atoms with Crippen molar-refractivity contribution in [2.45, 2.75) is 0 Å². The third-order valence-electron chi connectivity index (χ3n) is 2.00. The van der Waals surface area contributed by atoms with Crippen LogP contribution < -0.4 is 10.5 Å². The predicted molar refractivity (Wildman–Crippen MR) is 73.4 cm³/mol. The fraction of sp³-hybridized carbons (Fsp3) is 0.455. The van der Waals surface area contributed by atoms with Gasteiger partial charge in [-0.15, -0.1) is 0 Å². The summed E-state index contributed by atoms with van der Waals surface area (Å²) >= 11 is 1.56. The molecule has 0 unspecified atom stereocenters. The number of thioether (sulfide) groups is 1. The van der Waals surface area contributed by atoms with E-state index in [1.807, 2.05) is 18.2 Å². The molecule has 0 aliphatic carbocycles. The minimum Gasteiger partial charge on any atom is -0.491 e. The molecule has 0 saturated heterocycles. The molecule has 0 aliphatic rings. The summed E-state index contributed by atoms with van der Waals surface area (Å²) in [6.07, 6.45) is 1.24. The van der Waals surface area contributed by atoms with Crippen molar-refractivity contribution in [3.63, 3.8) is 0 Å². The third-order valence-corrected chi connectivity index (χ3v) is 4.15. The average molecular weight is 275 g/mol. The van der Waals surface area contributed by atoms with Crippen LogP contribution in [-0.2, 0) is 9.84 Å². The maximum atomic E-state index is 10.9. The van der Waals surface area contributed by atoms with Crippen molar-refractivity contribution in [2.75, 3.05) is 35.9 Å². The first-order chi connectivity index (χ1) is 7.99. The van der Waals surface area contributed by atoms with Crippen LogP contribution in [0.4, 0.5) is 5.69 Å². The van der Waals surface area contributed by atoms with Gasteiger partial charge in [0.15, 0.2) is 0 Å². The lowest BCUT2D eigenvalue weighted by Crippen LogP contribution is -2.07. The molecule has 2 N–H and O–H groups in total. The first-order valence-corrected chi connectivity index (χ1v) is 8.43. The lowest BCUT2D eigenvalue weighted by Gasteiger charge is -2.07. The van der Waals surface area contributed by atoms with Gasteiger partial charge in [-0.1, -0.05) is 12.1 Å². The summed E-state index contributed by atoms with van der Waals surface area (Å²) < 4.78 is 27.2. The van der Waals surface area contributed by atoms with Crippen molar-refractivity contribution in [1.29, 1.82) is 0 Å². The van der Waals surface area contributed by atoms with Gasteiger partial charge in [-0.2, -0.15) is 11.8 Å². The minimum absolute atomic E-state index is 0.213. The lowest BCUT2D eigenvalue weighted by atomic mass is 10.3. The van der Waals surface area contributed by atoms with Gasteiger partial charge in [0.05, 0.1) is 18.0 Å². The molecule has 0 aliphatic heterocycles. The standard InChI is InChI=1S/C11H17NO3S2/c1-17(13,14)9-8-16-7-6-15-11-5-3-2-4-10(11)12/h2-5H,6-9,12H2,1H3. The Morgan fingerprint density at radius 2 is 2.00 bits per heavy atom. The highest BCUT2D eigenvalue weighted by Gasteiger charge is 2.02. The number of nitrogen functional groups attached to an aromatic ring is 1. The van der Waals surface area contributed by atoms with Gasteiger partial charge in [-0.25, -0.2) is 8.42 Å². The van der Waals surface area contributed by atoms with E-state index >= 15 is 0 Å². The summed E-state index contributed by atoms with van der Waals surface area (Å²) in [4.78, 5) is 0. The summed E-state index contributed by atoms with van der Waals surface area (Å²) in [7, 11) is -2.85. The van der Waals surface area contributed by atoms with E-state index in [-0.39, 0.29) is 5.75 Å². The zero-order valence-corrected chi connectivity index (χ0v) is 11.4. The van der Waals surface area contributed by atoms with Gasteiger partial charge in [0.2, 0.25) is 0 Å². The first kappa shape index (κ1) is 14.2. The van der Waals surface area contributed by atoms with Crippen molar-refractivity contribution in [2.24, 2.45) is 0 Å². The Hall–Kier alpha value is -0.880. The van der Waals surface area contributed by atoms with E-state index in [1.54, 1.807) is 17.8 Å². The maximum Gasteiger partial charge on any atom is 0.148 e. The molecule has 96 valence electrons. The summed E-state index contributed by atoms with van der Waals surface area (Å²) in [5.41, 5.74) is 6.33. The third kappa shape index (κ3) is 6.43. The zero-order valence-electron chi connectivity index (χ0n) is 9.76. The second-order valence-electron chi connectivity index (χ2n) is 3.63. The van der Waals surface area contributed by atoms with Gasteiger partial charge in [0, 0.05) is 17.8 Å². The molecule has 0 spiro atoms. The summed E-state index contributed by atoms with van der Waals surface area (Å²) in [5, 5.41) is 0. The van der Waals surface area contributed by atoms with Crippen LogP contribution in [-0.4, -0.2) is 38.5 Å².